The summed E-state index contributed by atoms with van der Waals surface area (Å²) in [5, 5.41) is 2.84. The van der Waals surface area contributed by atoms with Crippen LogP contribution in [0.25, 0.3) is 0 Å². The summed E-state index contributed by atoms with van der Waals surface area (Å²) in [6.45, 7) is 0.636. The fourth-order valence-electron chi connectivity index (χ4n) is 4.61. The number of piperidine rings is 1. The van der Waals surface area contributed by atoms with E-state index in [9.17, 15) is 27.2 Å². The lowest BCUT2D eigenvalue weighted by atomic mass is 9.72. The highest BCUT2D eigenvalue weighted by Gasteiger charge is 2.42. The lowest BCUT2D eigenvalue weighted by Gasteiger charge is -2.41. The number of halogens is 4. The van der Waals surface area contributed by atoms with Gasteiger partial charge in [-0.25, -0.2) is 4.39 Å². The maximum atomic E-state index is 13.5. The topological polar surface area (TPSA) is 49.4 Å². The summed E-state index contributed by atoms with van der Waals surface area (Å²) < 4.78 is 52.4. The summed E-state index contributed by atoms with van der Waals surface area (Å²) >= 11 is 0. The Labute approximate surface area is 206 Å². The number of hydrogen-bond acceptors (Lipinski definition) is 2. The van der Waals surface area contributed by atoms with Crippen molar-refractivity contribution in [2.45, 2.75) is 32.0 Å². The molecule has 0 atom stereocenters. The second-order valence-corrected chi connectivity index (χ2v) is 9.12. The number of hydrogen-bond donors (Lipinski definition) is 1. The molecule has 0 saturated carbocycles. The van der Waals surface area contributed by atoms with Crippen LogP contribution in [0.15, 0.2) is 78.9 Å². The van der Waals surface area contributed by atoms with E-state index >= 15 is 0 Å². The smallest absolute Gasteiger partial charge is 0.352 e. The van der Waals surface area contributed by atoms with Gasteiger partial charge in [-0.2, -0.15) is 13.2 Å². The molecule has 0 radical (unpaired) electrons. The van der Waals surface area contributed by atoms with E-state index in [1.165, 1.54) is 30.3 Å². The van der Waals surface area contributed by atoms with Crippen LogP contribution in [-0.4, -0.2) is 29.8 Å². The maximum Gasteiger partial charge on any atom is 0.416 e. The molecule has 0 aliphatic carbocycles. The van der Waals surface area contributed by atoms with Gasteiger partial charge in [0.25, 0.3) is 5.91 Å². The zero-order chi connectivity index (χ0) is 25.8. The van der Waals surface area contributed by atoms with Crippen molar-refractivity contribution in [1.82, 2.24) is 10.2 Å². The van der Waals surface area contributed by atoms with Gasteiger partial charge in [0.05, 0.1) is 11.0 Å². The van der Waals surface area contributed by atoms with E-state index < -0.39 is 23.0 Å². The van der Waals surface area contributed by atoms with Crippen LogP contribution in [0.4, 0.5) is 17.6 Å². The Morgan fingerprint density at radius 1 is 0.861 bits per heavy atom. The number of nitrogens with zero attached hydrogens (tertiary/aromatic N) is 1. The van der Waals surface area contributed by atoms with Gasteiger partial charge in [0.15, 0.2) is 0 Å². The molecule has 2 amide bonds. The first kappa shape index (κ1) is 25.4. The second kappa shape index (κ2) is 10.5. The van der Waals surface area contributed by atoms with Crippen molar-refractivity contribution >= 4 is 11.8 Å². The molecular weight excluding hydrogens is 472 g/mol. The summed E-state index contributed by atoms with van der Waals surface area (Å²) in [6.07, 6.45) is -3.23. The summed E-state index contributed by atoms with van der Waals surface area (Å²) in [7, 11) is 0. The van der Waals surface area contributed by atoms with E-state index in [4.69, 9.17) is 0 Å². The van der Waals surface area contributed by atoms with Crippen molar-refractivity contribution in [2.75, 3.05) is 13.1 Å². The Morgan fingerprint density at radius 2 is 1.50 bits per heavy atom. The van der Waals surface area contributed by atoms with E-state index in [1.54, 1.807) is 11.0 Å². The molecule has 8 heteroatoms. The van der Waals surface area contributed by atoms with Gasteiger partial charge in [0, 0.05) is 25.2 Å². The zero-order valence-electron chi connectivity index (χ0n) is 19.5. The van der Waals surface area contributed by atoms with Crippen molar-refractivity contribution in [3.63, 3.8) is 0 Å². The standard InChI is InChI=1S/C28H26F4N2O2/c29-24-11-9-22(10-12-24)25(35)34-15-13-27(14-16-34,18-20-5-2-1-3-6-20)26(36)33-19-21-7-4-8-23(17-21)28(30,31)32/h1-12,17H,13-16,18-19H2,(H,33,36). The van der Waals surface area contributed by atoms with Gasteiger partial charge in [-0.3, -0.25) is 9.59 Å². The largest absolute Gasteiger partial charge is 0.416 e. The first-order valence-corrected chi connectivity index (χ1v) is 11.7. The van der Waals surface area contributed by atoms with E-state index in [0.717, 1.165) is 17.7 Å². The Hall–Kier alpha value is -3.68. The molecule has 1 fully saturated rings. The van der Waals surface area contributed by atoms with Gasteiger partial charge in [-0.1, -0.05) is 42.5 Å². The number of rotatable bonds is 6. The first-order chi connectivity index (χ1) is 17.2. The van der Waals surface area contributed by atoms with E-state index in [1.807, 2.05) is 30.3 Å². The second-order valence-electron chi connectivity index (χ2n) is 9.12. The number of alkyl halides is 3. The highest BCUT2D eigenvalue weighted by molar-refractivity contribution is 5.94. The van der Waals surface area contributed by atoms with Crippen LogP contribution in [0.1, 0.15) is 39.9 Å². The SMILES string of the molecule is O=C(c1ccc(F)cc1)N1CCC(Cc2ccccc2)(C(=O)NCc2cccc(C(F)(F)F)c2)CC1. The molecule has 36 heavy (non-hydrogen) atoms. The molecule has 1 aliphatic heterocycles. The minimum absolute atomic E-state index is 0.0302. The molecule has 1 saturated heterocycles. The Kier molecular flexibility index (Phi) is 7.43. The molecule has 0 aromatic heterocycles. The van der Waals surface area contributed by atoms with Gasteiger partial charge in [-0.05, 0) is 66.8 Å². The average Bonchev–Trinajstić information content (AvgIpc) is 2.88. The highest BCUT2D eigenvalue weighted by Crippen LogP contribution is 2.36. The molecule has 4 rings (SSSR count). The van der Waals surface area contributed by atoms with Crippen LogP contribution in [-0.2, 0) is 23.9 Å². The fourth-order valence-corrected chi connectivity index (χ4v) is 4.61. The molecule has 4 nitrogen and oxygen atoms in total. The van der Waals surface area contributed by atoms with E-state index in [-0.39, 0.29) is 18.4 Å². The number of nitrogens with one attached hydrogen (secondary N) is 1. The van der Waals surface area contributed by atoms with E-state index in [2.05, 4.69) is 5.32 Å². The molecule has 1 heterocycles. The minimum Gasteiger partial charge on any atom is -0.352 e. The summed E-state index contributed by atoms with van der Waals surface area (Å²) in [5.41, 5.74) is 0.117. The van der Waals surface area contributed by atoms with Crippen LogP contribution < -0.4 is 5.32 Å². The van der Waals surface area contributed by atoms with Crippen LogP contribution in [0.2, 0.25) is 0 Å². The third-order valence-electron chi connectivity index (χ3n) is 6.67. The Balaban J connectivity index is 1.49. The van der Waals surface area contributed by atoms with Crippen LogP contribution in [0.3, 0.4) is 0 Å². The zero-order valence-corrected chi connectivity index (χ0v) is 19.5. The van der Waals surface area contributed by atoms with Gasteiger partial charge in [0.1, 0.15) is 5.82 Å². The van der Waals surface area contributed by atoms with Crippen molar-refractivity contribution < 1.29 is 27.2 Å². The van der Waals surface area contributed by atoms with Gasteiger partial charge in [0.2, 0.25) is 5.91 Å². The molecule has 3 aromatic rings. The van der Waals surface area contributed by atoms with Crippen LogP contribution in [0, 0.1) is 11.2 Å². The predicted molar refractivity (Wildman–Crippen MR) is 127 cm³/mol. The van der Waals surface area contributed by atoms with Gasteiger partial charge >= 0.3 is 6.18 Å². The molecule has 0 unspecified atom stereocenters. The molecule has 0 spiro atoms. The number of likely N-dealkylation sites (tertiary alicyclic amines) is 1. The number of carbonyl (C=O) groups excluding carboxylic acids is 2. The minimum atomic E-state index is -4.46. The third-order valence-corrected chi connectivity index (χ3v) is 6.67. The number of benzene rings is 3. The van der Waals surface area contributed by atoms with E-state index in [0.29, 0.717) is 43.5 Å². The summed E-state index contributed by atoms with van der Waals surface area (Å²) in [6, 6.07) is 19.8. The molecule has 0 bridgehead atoms. The average molecular weight is 499 g/mol. The van der Waals surface area contributed by atoms with Gasteiger partial charge < -0.3 is 10.2 Å². The van der Waals surface area contributed by atoms with Crippen molar-refractivity contribution in [3.05, 3.63) is 107 Å². The first-order valence-electron chi connectivity index (χ1n) is 11.7. The summed E-state index contributed by atoms with van der Waals surface area (Å²) in [5.74, 6) is -0.908. The third kappa shape index (κ3) is 5.93. The summed E-state index contributed by atoms with van der Waals surface area (Å²) in [4.78, 5) is 28.0. The molecule has 1 aliphatic rings. The Bertz CT molecular complexity index is 1200. The molecular formula is C28H26F4N2O2. The quantitative estimate of drug-likeness (QED) is 0.448. The molecule has 1 N–H and O–H groups in total. The molecule has 188 valence electrons. The number of amides is 2. The monoisotopic (exact) mass is 498 g/mol. The lowest BCUT2D eigenvalue weighted by Crippen LogP contribution is -2.51. The Morgan fingerprint density at radius 3 is 2.14 bits per heavy atom. The van der Waals surface area contributed by atoms with Crippen LogP contribution >= 0.6 is 0 Å². The fraction of sp³-hybridized carbons (Fsp3) is 0.286. The van der Waals surface area contributed by atoms with Gasteiger partial charge in [-0.15, -0.1) is 0 Å². The van der Waals surface area contributed by atoms with Crippen molar-refractivity contribution in [3.8, 4) is 0 Å². The molecule has 3 aromatic carbocycles. The number of carbonyl (C=O) groups is 2. The highest BCUT2D eigenvalue weighted by atomic mass is 19.4. The van der Waals surface area contributed by atoms with Crippen LogP contribution in [0.5, 0.6) is 0 Å². The van der Waals surface area contributed by atoms with Crippen molar-refractivity contribution in [1.29, 1.82) is 0 Å². The predicted octanol–water partition coefficient (Wildman–Crippen LogP) is 5.63. The normalized spacial score (nSPS) is 15.4. The van der Waals surface area contributed by atoms with Crippen molar-refractivity contribution in [2.24, 2.45) is 5.41 Å². The maximum absolute atomic E-state index is 13.5. The lowest BCUT2D eigenvalue weighted by molar-refractivity contribution is -0.137.